The van der Waals surface area contributed by atoms with Crippen molar-refractivity contribution < 1.29 is 4.74 Å². The molecule has 1 saturated heterocycles. The minimum atomic E-state index is 0. The van der Waals surface area contributed by atoms with E-state index in [0.717, 1.165) is 18.9 Å². The minimum Gasteiger partial charge on any atom is -0.492 e. The molecule has 182 valence electrons. The van der Waals surface area contributed by atoms with Crippen molar-refractivity contribution in [3.05, 3.63) is 108 Å². The fourth-order valence-corrected chi connectivity index (χ4v) is 5.49. The Hall–Kier alpha value is -2.46. The number of hydrogen-bond donors (Lipinski definition) is 0. The van der Waals surface area contributed by atoms with Crippen LogP contribution in [0.15, 0.2) is 95.9 Å². The molecule has 1 aliphatic rings. The Bertz CT molecular complexity index is 1200. The number of rotatable bonds is 8. The summed E-state index contributed by atoms with van der Waals surface area (Å²) in [7, 11) is 0. The Morgan fingerprint density at radius 3 is 2.14 bits per heavy atom. The van der Waals surface area contributed by atoms with Gasteiger partial charge in [0.1, 0.15) is 12.4 Å². The number of halogens is 1. The second kappa shape index (κ2) is 12.5. The molecule has 0 N–H and O–H groups in total. The normalized spacial score (nSPS) is 14.9. The van der Waals surface area contributed by atoms with E-state index in [4.69, 9.17) is 4.74 Å². The molecule has 2 nitrogen and oxygen atoms in total. The molecule has 4 aromatic carbocycles. The maximum absolute atomic E-state index is 6.11. The van der Waals surface area contributed by atoms with Crippen molar-refractivity contribution in [3.63, 3.8) is 0 Å². The molecule has 0 aliphatic carbocycles. The van der Waals surface area contributed by atoms with E-state index < -0.39 is 0 Å². The summed E-state index contributed by atoms with van der Waals surface area (Å²) in [5.41, 5.74) is 3.94. The van der Waals surface area contributed by atoms with Crippen molar-refractivity contribution in [1.29, 1.82) is 0 Å². The first-order valence-corrected chi connectivity index (χ1v) is 13.6. The maximum atomic E-state index is 6.11. The van der Waals surface area contributed by atoms with Gasteiger partial charge in [0, 0.05) is 17.4 Å². The Labute approximate surface area is 220 Å². The summed E-state index contributed by atoms with van der Waals surface area (Å²) in [4.78, 5) is 3.81. The standard InChI is InChI=1S/C31H33NOS.ClH/c1-34-28-18-14-26(15-19-28)31(30-11-7-9-24-8-3-4-10-29(24)30)25-12-16-27(17-13-25)33-23-22-32-20-5-2-6-21-32;/h3-4,7-19,31H,2,5-6,20-23H2,1H3;1H. The highest BCUT2D eigenvalue weighted by Crippen LogP contribution is 2.37. The number of fused-ring (bicyclic) bond motifs is 1. The van der Waals surface area contributed by atoms with Gasteiger partial charge < -0.3 is 4.74 Å². The van der Waals surface area contributed by atoms with Crippen LogP contribution in [0, 0.1) is 0 Å². The third-order valence-electron chi connectivity index (χ3n) is 6.92. The van der Waals surface area contributed by atoms with Gasteiger partial charge in [-0.15, -0.1) is 24.2 Å². The number of benzene rings is 4. The van der Waals surface area contributed by atoms with Crippen LogP contribution in [0.2, 0.25) is 0 Å². The van der Waals surface area contributed by atoms with Crippen LogP contribution in [0.1, 0.15) is 41.9 Å². The smallest absolute Gasteiger partial charge is 0.119 e. The van der Waals surface area contributed by atoms with Crippen molar-refractivity contribution in [2.45, 2.75) is 30.1 Å². The van der Waals surface area contributed by atoms with Crippen LogP contribution in [-0.2, 0) is 0 Å². The summed E-state index contributed by atoms with van der Waals surface area (Å²) in [6.07, 6.45) is 6.14. The molecule has 4 heteroatoms. The predicted molar refractivity (Wildman–Crippen MR) is 153 cm³/mol. The summed E-state index contributed by atoms with van der Waals surface area (Å²) in [5.74, 6) is 1.12. The van der Waals surface area contributed by atoms with Crippen molar-refractivity contribution in [2.24, 2.45) is 0 Å². The third-order valence-corrected chi connectivity index (χ3v) is 7.67. The molecule has 1 heterocycles. The van der Waals surface area contributed by atoms with Crippen molar-refractivity contribution >= 4 is 34.9 Å². The fraction of sp³-hybridized carbons (Fsp3) is 0.290. The molecule has 4 aromatic rings. The van der Waals surface area contributed by atoms with Gasteiger partial charge in [0.05, 0.1) is 0 Å². The summed E-state index contributed by atoms with van der Waals surface area (Å²) >= 11 is 1.78. The average Bonchev–Trinajstić information content (AvgIpc) is 2.91. The first kappa shape index (κ1) is 25.6. The lowest BCUT2D eigenvalue weighted by atomic mass is 9.83. The Kier molecular flexibility index (Phi) is 9.14. The van der Waals surface area contributed by atoms with Crippen molar-refractivity contribution in [1.82, 2.24) is 4.90 Å². The van der Waals surface area contributed by atoms with Crippen LogP contribution in [0.3, 0.4) is 0 Å². The van der Waals surface area contributed by atoms with E-state index >= 15 is 0 Å². The van der Waals surface area contributed by atoms with E-state index in [1.807, 2.05) is 0 Å². The number of piperidine rings is 1. The maximum Gasteiger partial charge on any atom is 0.119 e. The molecule has 0 aromatic heterocycles. The molecule has 0 saturated carbocycles. The molecule has 35 heavy (non-hydrogen) atoms. The SMILES string of the molecule is CSc1ccc(C(c2ccc(OCCN3CCCCC3)cc2)c2cccc3ccccc23)cc1.Cl. The average molecular weight is 504 g/mol. The molecular formula is C31H34ClNOS. The van der Waals surface area contributed by atoms with Crippen molar-refractivity contribution in [2.75, 3.05) is 32.5 Å². The number of likely N-dealkylation sites (tertiary alicyclic amines) is 1. The van der Waals surface area contributed by atoms with Crippen LogP contribution < -0.4 is 4.74 Å². The molecular weight excluding hydrogens is 470 g/mol. The topological polar surface area (TPSA) is 12.5 Å². The third kappa shape index (κ3) is 6.22. The number of nitrogens with zero attached hydrogens (tertiary/aromatic N) is 1. The van der Waals surface area contributed by atoms with Gasteiger partial charge in [-0.1, -0.05) is 73.2 Å². The van der Waals surface area contributed by atoms with E-state index in [9.17, 15) is 0 Å². The van der Waals surface area contributed by atoms with Crippen LogP contribution in [0.25, 0.3) is 10.8 Å². The van der Waals surface area contributed by atoms with E-state index in [2.05, 4.69) is 102 Å². The highest BCUT2D eigenvalue weighted by molar-refractivity contribution is 7.98. The Balaban J connectivity index is 0.00000289. The number of hydrogen-bond acceptors (Lipinski definition) is 3. The molecule has 1 atom stereocenters. The molecule has 0 bridgehead atoms. The first-order valence-electron chi connectivity index (χ1n) is 12.4. The van der Waals surface area contributed by atoms with Crippen LogP contribution >= 0.6 is 24.2 Å². The van der Waals surface area contributed by atoms with E-state index in [1.165, 1.54) is 64.7 Å². The second-order valence-electron chi connectivity index (χ2n) is 9.09. The van der Waals surface area contributed by atoms with Crippen LogP contribution in [0.5, 0.6) is 5.75 Å². The molecule has 0 radical (unpaired) electrons. The molecule has 1 fully saturated rings. The zero-order valence-electron chi connectivity index (χ0n) is 20.4. The van der Waals surface area contributed by atoms with E-state index in [-0.39, 0.29) is 18.3 Å². The fourth-order valence-electron chi connectivity index (χ4n) is 5.08. The monoisotopic (exact) mass is 503 g/mol. The van der Waals surface area contributed by atoms with Crippen molar-refractivity contribution in [3.8, 4) is 5.75 Å². The van der Waals surface area contributed by atoms with Gasteiger partial charge in [-0.05, 0) is 83.9 Å². The molecule has 1 unspecified atom stereocenters. The summed E-state index contributed by atoms with van der Waals surface area (Å²) < 4.78 is 6.11. The zero-order valence-corrected chi connectivity index (χ0v) is 22.0. The predicted octanol–water partition coefficient (Wildman–Crippen LogP) is 8.03. The van der Waals surface area contributed by atoms with Gasteiger partial charge in [-0.3, -0.25) is 4.90 Å². The Morgan fingerprint density at radius 2 is 1.43 bits per heavy atom. The zero-order chi connectivity index (χ0) is 23.2. The van der Waals surface area contributed by atoms with Crippen LogP contribution in [0.4, 0.5) is 0 Å². The van der Waals surface area contributed by atoms with E-state index in [1.54, 1.807) is 11.8 Å². The Morgan fingerprint density at radius 1 is 0.771 bits per heavy atom. The first-order chi connectivity index (χ1) is 16.8. The quantitative estimate of drug-likeness (QED) is 0.178. The lowest BCUT2D eigenvalue weighted by Crippen LogP contribution is -2.33. The largest absolute Gasteiger partial charge is 0.492 e. The molecule has 0 spiro atoms. The van der Waals surface area contributed by atoms with E-state index in [0.29, 0.717) is 0 Å². The lowest BCUT2D eigenvalue weighted by molar-refractivity contribution is 0.183. The highest BCUT2D eigenvalue weighted by Gasteiger charge is 2.19. The van der Waals surface area contributed by atoms with Gasteiger partial charge in [0.25, 0.3) is 0 Å². The highest BCUT2D eigenvalue weighted by atomic mass is 35.5. The van der Waals surface area contributed by atoms with Gasteiger partial charge in [0.15, 0.2) is 0 Å². The van der Waals surface area contributed by atoms with Gasteiger partial charge in [0.2, 0.25) is 0 Å². The second-order valence-corrected chi connectivity index (χ2v) is 9.97. The molecule has 5 rings (SSSR count). The number of ether oxygens (including phenoxy) is 1. The summed E-state index contributed by atoms with van der Waals surface area (Å²) in [6, 6.07) is 33.1. The molecule has 1 aliphatic heterocycles. The minimum absolute atomic E-state index is 0. The van der Waals surface area contributed by atoms with Crippen LogP contribution in [-0.4, -0.2) is 37.4 Å². The lowest BCUT2D eigenvalue weighted by Gasteiger charge is -2.26. The molecule has 0 amide bonds. The number of thioether (sulfide) groups is 1. The summed E-state index contributed by atoms with van der Waals surface area (Å²) in [6.45, 7) is 4.19. The van der Waals surface area contributed by atoms with Gasteiger partial charge in [-0.2, -0.15) is 0 Å². The van der Waals surface area contributed by atoms with Gasteiger partial charge >= 0.3 is 0 Å². The summed E-state index contributed by atoms with van der Waals surface area (Å²) in [5, 5.41) is 2.59. The van der Waals surface area contributed by atoms with Gasteiger partial charge in [-0.25, -0.2) is 0 Å².